The Balaban J connectivity index is 3.39. The number of allylic oxidation sites excluding steroid dienone is 2. The molecule has 0 heterocycles. The van der Waals surface area contributed by atoms with Crippen molar-refractivity contribution >= 4 is 11.7 Å². The van der Waals surface area contributed by atoms with Crippen LogP contribution in [-0.2, 0) is 9.59 Å². The van der Waals surface area contributed by atoms with Crippen molar-refractivity contribution in [2.75, 3.05) is 6.61 Å². The van der Waals surface area contributed by atoms with Crippen molar-refractivity contribution < 1.29 is 14.7 Å². The van der Waals surface area contributed by atoms with Crippen molar-refractivity contribution in [1.29, 1.82) is 0 Å². The van der Waals surface area contributed by atoms with Crippen LogP contribution in [0.1, 0.15) is 290 Å². The molecule has 1 amide bonds. The van der Waals surface area contributed by atoms with E-state index in [9.17, 15) is 14.7 Å². The highest BCUT2D eigenvalue weighted by Gasteiger charge is 2.11. The Morgan fingerprint density at radius 2 is 0.691 bits per heavy atom. The van der Waals surface area contributed by atoms with Gasteiger partial charge in [-0.2, -0.15) is 0 Å². The van der Waals surface area contributed by atoms with E-state index in [0.29, 0.717) is 12.2 Å². The van der Waals surface area contributed by atoms with Crippen LogP contribution in [0.3, 0.4) is 0 Å². The summed E-state index contributed by atoms with van der Waals surface area (Å²) in [5, 5.41) is 12.8. The first-order valence-corrected chi connectivity index (χ1v) is 25.2. The monoisotopic (exact) mass is 774 g/mol. The molecule has 0 aromatic rings. The number of aliphatic hydroxyl groups excluding tert-OH is 1. The predicted octanol–water partition coefficient (Wildman–Crippen LogP) is 16.4. The maximum atomic E-state index is 12.4. The number of hydrogen-bond acceptors (Lipinski definition) is 3. The fraction of sp³-hybridized carbons (Fsp3) is 0.922. The van der Waals surface area contributed by atoms with Crippen LogP contribution in [0.5, 0.6) is 0 Å². The Bertz CT molecular complexity index is 795. The molecule has 0 aliphatic heterocycles. The van der Waals surface area contributed by atoms with E-state index in [1.54, 1.807) is 0 Å². The second kappa shape index (κ2) is 47.2. The van der Waals surface area contributed by atoms with Gasteiger partial charge in [0.2, 0.25) is 5.91 Å². The molecular formula is C51H99NO3. The Hall–Kier alpha value is -1.16. The Morgan fingerprint density at radius 3 is 1.04 bits per heavy atom. The van der Waals surface area contributed by atoms with Crippen molar-refractivity contribution in [2.24, 2.45) is 0 Å². The van der Waals surface area contributed by atoms with E-state index in [0.717, 1.165) is 51.4 Å². The Labute approximate surface area is 345 Å². The highest BCUT2D eigenvalue weighted by atomic mass is 16.3. The molecule has 4 nitrogen and oxygen atoms in total. The van der Waals surface area contributed by atoms with E-state index in [1.165, 1.54) is 218 Å². The van der Waals surface area contributed by atoms with Crippen molar-refractivity contribution in [3.8, 4) is 0 Å². The summed E-state index contributed by atoms with van der Waals surface area (Å²) in [6, 6.07) is -0.0701. The van der Waals surface area contributed by atoms with E-state index >= 15 is 0 Å². The lowest BCUT2D eigenvalue weighted by Gasteiger charge is -2.16. The van der Waals surface area contributed by atoms with Gasteiger partial charge in [0.1, 0.15) is 5.78 Å². The molecule has 0 fully saturated rings. The summed E-state index contributed by atoms with van der Waals surface area (Å²) in [6.07, 6.45) is 58.5. The molecule has 0 radical (unpaired) electrons. The molecule has 2 N–H and O–H groups in total. The van der Waals surface area contributed by atoms with Crippen molar-refractivity contribution in [1.82, 2.24) is 5.32 Å². The lowest BCUT2D eigenvalue weighted by Crippen LogP contribution is -2.37. The lowest BCUT2D eigenvalue weighted by atomic mass is 10.0. The van der Waals surface area contributed by atoms with Gasteiger partial charge >= 0.3 is 0 Å². The van der Waals surface area contributed by atoms with Gasteiger partial charge in [0, 0.05) is 19.3 Å². The van der Waals surface area contributed by atoms with Gasteiger partial charge in [-0.05, 0) is 51.4 Å². The number of aliphatic hydroxyl groups is 1. The molecule has 55 heavy (non-hydrogen) atoms. The molecule has 0 saturated heterocycles. The summed E-state index contributed by atoms with van der Waals surface area (Å²) in [7, 11) is 0. The number of amides is 1. The third-order valence-electron chi connectivity index (χ3n) is 11.8. The zero-order chi connectivity index (χ0) is 40.0. The average Bonchev–Trinajstić information content (AvgIpc) is 3.19. The molecule has 0 saturated carbocycles. The SMILES string of the molecule is CCCCCCCCC=CCCCCCCCC(=O)CCCCCCCCCCCCCCC(=O)N[C@@H](CO)CCCCCCCCCCCCCCCC. The number of hydrogen-bond donors (Lipinski definition) is 2. The van der Waals surface area contributed by atoms with Gasteiger partial charge in [0.25, 0.3) is 0 Å². The third-order valence-corrected chi connectivity index (χ3v) is 11.8. The van der Waals surface area contributed by atoms with Gasteiger partial charge in [0.15, 0.2) is 0 Å². The summed E-state index contributed by atoms with van der Waals surface area (Å²) in [5.74, 6) is 0.607. The van der Waals surface area contributed by atoms with Crippen molar-refractivity contribution in [3.63, 3.8) is 0 Å². The molecule has 0 aromatic heterocycles. The largest absolute Gasteiger partial charge is 0.394 e. The van der Waals surface area contributed by atoms with Gasteiger partial charge in [-0.15, -0.1) is 0 Å². The molecule has 0 aliphatic rings. The van der Waals surface area contributed by atoms with Gasteiger partial charge < -0.3 is 10.4 Å². The second-order valence-corrected chi connectivity index (χ2v) is 17.4. The summed E-state index contributed by atoms with van der Waals surface area (Å²) in [6.45, 7) is 4.62. The zero-order valence-corrected chi connectivity index (χ0v) is 37.6. The average molecular weight is 774 g/mol. The maximum Gasteiger partial charge on any atom is 0.220 e. The van der Waals surface area contributed by atoms with Crippen LogP contribution < -0.4 is 5.32 Å². The first-order valence-electron chi connectivity index (χ1n) is 25.2. The quantitative estimate of drug-likeness (QED) is 0.0478. The van der Waals surface area contributed by atoms with Gasteiger partial charge in [-0.25, -0.2) is 0 Å². The summed E-state index contributed by atoms with van der Waals surface area (Å²) >= 11 is 0. The third kappa shape index (κ3) is 45.4. The number of unbranched alkanes of at least 4 members (excludes halogenated alkanes) is 35. The normalized spacial score (nSPS) is 12.2. The van der Waals surface area contributed by atoms with E-state index in [1.807, 2.05) is 0 Å². The van der Waals surface area contributed by atoms with Gasteiger partial charge in [-0.3, -0.25) is 9.59 Å². The molecule has 0 unspecified atom stereocenters. The van der Waals surface area contributed by atoms with Gasteiger partial charge in [-0.1, -0.05) is 231 Å². The molecule has 0 aromatic carbocycles. The van der Waals surface area contributed by atoms with Crippen LogP contribution in [0, 0.1) is 0 Å². The zero-order valence-electron chi connectivity index (χ0n) is 37.6. The molecule has 0 bridgehead atoms. The van der Waals surface area contributed by atoms with E-state index in [-0.39, 0.29) is 18.6 Å². The van der Waals surface area contributed by atoms with Crippen molar-refractivity contribution in [2.45, 2.75) is 296 Å². The smallest absolute Gasteiger partial charge is 0.220 e. The van der Waals surface area contributed by atoms with Crippen LogP contribution in [0.4, 0.5) is 0 Å². The Morgan fingerprint density at radius 1 is 0.400 bits per heavy atom. The molecule has 326 valence electrons. The van der Waals surface area contributed by atoms with E-state index in [4.69, 9.17) is 0 Å². The summed E-state index contributed by atoms with van der Waals surface area (Å²) in [4.78, 5) is 24.6. The van der Waals surface area contributed by atoms with Crippen LogP contribution in [0.2, 0.25) is 0 Å². The highest BCUT2D eigenvalue weighted by Crippen LogP contribution is 2.16. The lowest BCUT2D eigenvalue weighted by molar-refractivity contribution is -0.122. The number of carbonyl (C=O) groups is 2. The van der Waals surface area contributed by atoms with Gasteiger partial charge in [0.05, 0.1) is 12.6 Å². The van der Waals surface area contributed by atoms with Crippen LogP contribution in [-0.4, -0.2) is 29.4 Å². The first kappa shape index (κ1) is 53.8. The van der Waals surface area contributed by atoms with E-state index in [2.05, 4.69) is 31.3 Å². The highest BCUT2D eigenvalue weighted by molar-refractivity contribution is 5.78. The summed E-state index contributed by atoms with van der Waals surface area (Å²) < 4.78 is 0. The fourth-order valence-electron chi connectivity index (χ4n) is 7.99. The minimum atomic E-state index is -0.0701. The molecule has 0 aliphatic carbocycles. The van der Waals surface area contributed by atoms with Crippen LogP contribution in [0.25, 0.3) is 0 Å². The molecule has 1 atom stereocenters. The van der Waals surface area contributed by atoms with Crippen LogP contribution in [0.15, 0.2) is 12.2 Å². The number of rotatable bonds is 47. The fourth-order valence-corrected chi connectivity index (χ4v) is 7.99. The number of Topliss-reactive ketones (excluding diaryl/α,β-unsaturated/α-hetero) is 1. The molecule has 0 rings (SSSR count). The van der Waals surface area contributed by atoms with E-state index < -0.39 is 0 Å². The number of carbonyl (C=O) groups excluding carboxylic acids is 2. The molecular weight excluding hydrogens is 675 g/mol. The second-order valence-electron chi connectivity index (χ2n) is 17.4. The topological polar surface area (TPSA) is 66.4 Å². The minimum Gasteiger partial charge on any atom is -0.394 e. The molecule has 4 heteroatoms. The van der Waals surface area contributed by atoms with Crippen molar-refractivity contribution in [3.05, 3.63) is 12.2 Å². The minimum absolute atomic E-state index is 0.0577. The first-order chi connectivity index (χ1) is 27.1. The maximum absolute atomic E-state index is 12.4. The summed E-state index contributed by atoms with van der Waals surface area (Å²) in [5.41, 5.74) is 0. The number of nitrogens with one attached hydrogen (secondary N) is 1. The number of ketones is 1. The van der Waals surface area contributed by atoms with Crippen LogP contribution >= 0.6 is 0 Å². The Kier molecular flexibility index (Phi) is 46.2. The standard InChI is InChI=1S/C51H99NO3/c1-3-5-7-9-11-13-15-17-19-21-25-29-33-37-41-45-50(54)46-42-38-34-30-26-22-23-27-31-35-39-43-47-51(55)52-49(48-53)44-40-36-32-28-24-20-18-16-14-12-10-8-6-4-2/h17,19,49,53H,3-16,18,20-48H2,1-2H3,(H,52,55)/t49-/m1/s1. The predicted molar refractivity (Wildman–Crippen MR) is 243 cm³/mol. The molecule has 0 spiro atoms.